The molecule has 3 aromatic rings. The number of aliphatic imine (C=N–C) groups is 1. The molecule has 1 fully saturated rings. The first-order valence-electron chi connectivity index (χ1n) is 10.7. The van der Waals surface area contributed by atoms with Crippen LogP contribution in [0, 0.1) is 0 Å². The normalized spacial score (nSPS) is 17.5. The van der Waals surface area contributed by atoms with Crippen LogP contribution < -0.4 is 10.6 Å². The number of aromatic nitrogens is 3. The van der Waals surface area contributed by atoms with Gasteiger partial charge in [0.25, 0.3) is 0 Å². The molecule has 1 aliphatic heterocycles. The van der Waals surface area contributed by atoms with Crippen molar-refractivity contribution >= 4 is 40.9 Å². The third-order valence-corrected chi connectivity index (χ3v) is 5.36. The number of para-hydroxylation sites is 1. The average molecular weight is 538 g/mol. The molecule has 31 heavy (non-hydrogen) atoms. The molecular formula is C22H31IN6O2. The van der Waals surface area contributed by atoms with Gasteiger partial charge in [0.2, 0.25) is 0 Å². The van der Waals surface area contributed by atoms with Crippen molar-refractivity contribution in [2.75, 3.05) is 19.7 Å². The van der Waals surface area contributed by atoms with Crippen LogP contribution in [0.5, 0.6) is 0 Å². The smallest absolute Gasteiger partial charge is 0.192 e. The lowest BCUT2D eigenvalue weighted by molar-refractivity contribution is 0.117. The average Bonchev–Trinajstić information content (AvgIpc) is 3.52. The van der Waals surface area contributed by atoms with Gasteiger partial charge in [-0.2, -0.15) is 0 Å². The lowest BCUT2D eigenvalue weighted by Gasteiger charge is -2.18. The number of fused-ring (bicyclic) bond motifs is 1. The number of rotatable bonds is 8. The zero-order chi connectivity index (χ0) is 20.8. The maximum atomic E-state index is 6.01. The molecule has 4 rings (SSSR count). The fourth-order valence-corrected chi connectivity index (χ4v) is 3.66. The standard InChI is InChI=1S/C22H30N6O2.HI/c1-3-21-27-25-15-28(21)11-10-23-22(24-14-18-8-6-12-29-18)26-16(2)20-13-17-7-4-5-9-19(17)30-20;/h4-5,7,9,13,15-16,18H,3,6,8,10-12,14H2,1-2H3,(H2,23,24,26);1H. The highest BCUT2D eigenvalue weighted by atomic mass is 127. The summed E-state index contributed by atoms with van der Waals surface area (Å²) in [7, 11) is 0. The van der Waals surface area contributed by atoms with E-state index in [9.17, 15) is 0 Å². The molecule has 0 bridgehead atoms. The van der Waals surface area contributed by atoms with Crippen molar-refractivity contribution < 1.29 is 9.15 Å². The van der Waals surface area contributed by atoms with Crippen molar-refractivity contribution in [2.24, 2.45) is 4.99 Å². The Morgan fingerprint density at radius 2 is 2.23 bits per heavy atom. The summed E-state index contributed by atoms with van der Waals surface area (Å²) >= 11 is 0. The Labute approximate surface area is 199 Å². The number of nitrogens with one attached hydrogen (secondary N) is 2. The first-order chi connectivity index (χ1) is 14.7. The number of furan rings is 1. The third kappa shape index (κ3) is 6.19. The predicted molar refractivity (Wildman–Crippen MR) is 132 cm³/mol. The predicted octanol–water partition coefficient (Wildman–Crippen LogP) is 3.68. The van der Waals surface area contributed by atoms with Gasteiger partial charge in [0.05, 0.1) is 18.7 Å². The van der Waals surface area contributed by atoms with Crippen molar-refractivity contribution in [3.05, 3.63) is 48.2 Å². The summed E-state index contributed by atoms with van der Waals surface area (Å²) in [5, 5.41) is 16.2. The molecule has 0 saturated carbocycles. The highest BCUT2D eigenvalue weighted by Crippen LogP contribution is 2.23. The van der Waals surface area contributed by atoms with E-state index in [0.717, 1.165) is 67.5 Å². The molecule has 2 aromatic heterocycles. The van der Waals surface area contributed by atoms with Crippen molar-refractivity contribution in [1.82, 2.24) is 25.4 Å². The van der Waals surface area contributed by atoms with Crippen molar-refractivity contribution in [1.29, 1.82) is 0 Å². The Morgan fingerprint density at radius 1 is 1.35 bits per heavy atom. The van der Waals surface area contributed by atoms with E-state index in [2.05, 4.69) is 51.4 Å². The molecule has 2 atom stereocenters. The van der Waals surface area contributed by atoms with Gasteiger partial charge in [-0.1, -0.05) is 25.1 Å². The molecule has 2 unspecified atom stereocenters. The first-order valence-corrected chi connectivity index (χ1v) is 10.7. The number of hydrogen-bond acceptors (Lipinski definition) is 5. The maximum Gasteiger partial charge on any atom is 0.192 e. The van der Waals surface area contributed by atoms with Crippen LogP contribution in [0.25, 0.3) is 11.0 Å². The van der Waals surface area contributed by atoms with E-state index in [1.165, 1.54) is 0 Å². The fourth-order valence-electron chi connectivity index (χ4n) is 3.66. The largest absolute Gasteiger partial charge is 0.459 e. The molecule has 1 aliphatic rings. The molecule has 0 radical (unpaired) electrons. The number of ether oxygens (including phenoxy) is 1. The summed E-state index contributed by atoms with van der Waals surface area (Å²) in [4.78, 5) is 4.77. The summed E-state index contributed by atoms with van der Waals surface area (Å²) in [6.45, 7) is 7.13. The van der Waals surface area contributed by atoms with Gasteiger partial charge >= 0.3 is 0 Å². The lowest BCUT2D eigenvalue weighted by atomic mass is 10.2. The van der Waals surface area contributed by atoms with Crippen LogP contribution in [0.15, 0.2) is 46.1 Å². The SMILES string of the molecule is CCc1nncn1CCNC(=NCC1CCCO1)NC(C)c1cc2ccccc2o1.I. The molecule has 0 amide bonds. The summed E-state index contributed by atoms with van der Waals surface area (Å²) in [6.07, 6.45) is 5.01. The molecule has 0 aliphatic carbocycles. The Kier molecular flexibility index (Phi) is 8.70. The van der Waals surface area contributed by atoms with Gasteiger partial charge in [-0.25, -0.2) is 0 Å². The monoisotopic (exact) mass is 538 g/mol. The summed E-state index contributed by atoms with van der Waals surface area (Å²) in [6, 6.07) is 10.1. The molecule has 1 saturated heterocycles. The zero-order valence-corrected chi connectivity index (χ0v) is 20.4. The van der Waals surface area contributed by atoms with Crippen molar-refractivity contribution in [2.45, 2.75) is 51.8 Å². The number of guanidine groups is 1. The molecule has 3 heterocycles. The van der Waals surface area contributed by atoms with Gasteiger partial charge in [0, 0.05) is 31.5 Å². The highest BCUT2D eigenvalue weighted by molar-refractivity contribution is 14.0. The van der Waals surface area contributed by atoms with E-state index < -0.39 is 0 Å². The minimum Gasteiger partial charge on any atom is -0.459 e. The van der Waals surface area contributed by atoms with E-state index in [1.807, 2.05) is 18.2 Å². The van der Waals surface area contributed by atoms with Gasteiger partial charge in [-0.15, -0.1) is 34.2 Å². The second kappa shape index (κ2) is 11.5. The van der Waals surface area contributed by atoms with E-state index in [-0.39, 0.29) is 36.1 Å². The van der Waals surface area contributed by atoms with Gasteiger partial charge in [0.1, 0.15) is 23.5 Å². The fraction of sp³-hybridized carbons (Fsp3) is 0.500. The Bertz CT molecular complexity index is 946. The number of aryl methyl sites for hydroxylation is 1. The number of benzene rings is 1. The number of nitrogens with zero attached hydrogens (tertiary/aromatic N) is 4. The van der Waals surface area contributed by atoms with E-state index in [0.29, 0.717) is 6.54 Å². The molecule has 1 aromatic carbocycles. The maximum absolute atomic E-state index is 6.01. The van der Waals surface area contributed by atoms with Gasteiger partial charge < -0.3 is 24.4 Å². The van der Waals surface area contributed by atoms with Gasteiger partial charge in [-0.3, -0.25) is 4.99 Å². The minimum absolute atomic E-state index is 0. The third-order valence-electron chi connectivity index (χ3n) is 5.36. The Balaban J connectivity index is 0.00000272. The molecule has 8 nitrogen and oxygen atoms in total. The van der Waals surface area contributed by atoms with Gasteiger partial charge in [-0.05, 0) is 31.9 Å². The minimum atomic E-state index is -0.0192. The van der Waals surface area contributed by atoms with Crippen LogP contribution in [0.4, 0.5) is 0 Å². The lowest BCUT2D eigenvalue weighted by Crippen LogP contribution is -2.40. The van der Waals surface area contributed by atoms with Crippen LogP contribution in [0.1, 0.15) is 44.3 Å². The summed E-state index contributed by atoms with van der Waals surface area (Å²) < 4.78 is 13.8. The van der Waals surface area contributed by atoms with Gasteiger partial charge in [0.15, 0.2) is 5.96 Å². The van der Waals surface area contributed by atoms with Crippen molar-refractivity contribution in [3.63, 3.8) is 0 Å². The van der Waals surface area contributed by atoms with Crippen LogP contribution in [0.3, 0.4) is 0 Å². The molecule has 9 heteroatoms. The quantitative estimate of drug-likeness (QED) is 0.259. The first kappa shape index (κ1) is 23.5. The van der Waals surface area contributed by atoms with Crippen LogP contribution in [0.2, 0.25) is 0 Å². The van der Waals surface area contributed by atoms with Crippen LogP contribution >= 0.6 is 24.0 Å². The zero-order valence-electron chi connectivity index (χ0n) is 18.1. The summed E-state index contributed by atoms with van der Waals surface area (Å²) in [5.41, 5.74) is 0.895. The number of hydrogen-bond donors (Lipinski definition) is 2. The van der Waals surface area contributed by atoms with Crippen LogP contribution in [-0.4, -0.2) is 46.5 Å². The molecule has 0 spiro atoms. The van der Waals surface area contributed by atoms with E-state index >= 15 is 0 Å². The summed E-state index contributed by atoms with van der Waals surface area (Å²) in [5.74, 6) is 2.62. The van der Waals surface area contributed by atoms with E-state index in [4.69, 9.17) is 14.1 Å². The molecular weight excluding hydrogens is 507 g/mol. The van der Waals surface area contributed by atoms with Crippen LogP contribution in [-0.2, 0) is 17.7 Å². The molecule has 168 valence electrons. The number of halogens is 1. The second-order valence-electron chi connectivity index (χ2n) is 7.60. The second-order valence-corrected chi connectivity index (χ2v) is 7.60. The Hall–Kier alpha value is -2.14. The van der Waals surface area contributed by atoms with Crippen molar-refractivity contribution in [3.8, 4) is 0 Å². The highest BCUT2D eigenvalue weighted by Gasteiger charge is 2.17. The Morgan fingerprint density at radius 3 is 3.00 bits per heavy atom. The molecule has 2 N–H and O–H groups in total. The topological polar surface area (TPSA) is 89.5 Å². The van der Waals surface area contributed by atoms with E-state index in [1.54, 1.807) is 6.33 Å².